The minimum atomic E-state index is -0.756. The summed E-state index contributed by atoms with van der Waals surface area (Å²) < 4.78 is 25.0. The van der Waals surface area contributed by atoms with Gasteiger partial charge in [0.2, 0.25) is 0 Å². The minimum Gasteiger partial charge on any atom is -0.355 e. The molecular formula is C9H11F2NO. The van der Waals surface area contributed by atoms with Crippen molar-refractivity contribution in [1.29, 1.82) is 0 Å². The molecule has 0 aromatic heterocycles. The van der Waals surface area contributed by atoms with E-state index in [0.29, 0.717) is 6.07 Å². The maximum atomic E-state index is 12.5. The van der Waals surface area contributed by atoms with Crippen LogP contribution in [0.4, 0.5) is 8.78 Å². The van der Waals surface area contributed by atoms with Crippen molar-refractivity contribution in [3.63, 3.8) is 0 Å². The Hall–Kier alpha value is -1.45. The van der Waals surface area contributed by atoms with E-state index in [-0.39, 0.29) is 13.0 Å². The van der Waals surface area contributed by atoms with Crippen LogP contribution in [0.15, 0.2) is 18.2 Å². The van der Waals surface area contributed by atoms with Crippen molar-refractivity contribution in [2.24, 2.45) is 0 Å². The molecule has 13 heavy (non-hydrogen) atoms. The van der Waals surface area contributed by atoms with E-state index in [1.165, 1.54) is 7.05 Å². The Labute approximate surface area is 75.6 Å². The van der Waals surface area contributed by atoms with Crippen LogP contribution < -0.4 is 5.32 Å². The first-order valence-electron chi connectivity index (χ1n) is 3.31. The first kappa shape index (κ1) is 11.6. The monoisotopic (exact) mass is 187 g/mol. The van der Waals surface area contributed by atoms with E-state index >= 15 is 0 Å². The van der Waals surface area contributed by atoms with Gasteiger partial charge in [-0.15, -0.1) is 0 Å². The van der Waals surface area contributed by atoms with Crippen LogP contribution in [-0.2, 0) is 0 Å². The molecule has 4 heteroatoms. The lowest BCUT2D eigenvalue weighted by Crippen LogP contribution is -2.18. The van der Waals surface area contributed by atoms with Gasteiger partial charge < -0.3 is 5.32 Å². The fourth-order valence-corrected chi connectivity index (χ4v) is 0.829. The molecule has 0 spiro atoms. The lowest BCUT2D eigenvalue weighted by Gasteiger charge is -1.99. The van der Waals surface area contributed by atoms with Crippen LogP contribution in [0.25, 0.3) is 0 Å². The highest BCUT2D eigenvalue weighted by molar-refractivity contribution is 5.93. The van der Waals surface area contributed by atoms with E-state index < -0.39 is 17.5 Å². The average Bonchev–Trinajstić information content (AvgIpc) is 2.01. The zero-order valence-electron chi connectivity index (χ0n) is 6.40. The molecule has 0 unspecified atom stereocenters. The van der Waals surface area contributed by atoms with Crippen LogP contribution >= 0.6 is 0 Å². The summed E-state index contributed by atoms with van der Waals surface area (Å²) >= 11 is 0. The molecule has 1 rings (SSSR count). The third-order valence-corrected chi connectivity index (χ3v) is 1.35. The number of amides is 1. The fourth-order valence-electron chi connectivity index (χ4n) is 0.829. The summed E-state index contributed by atoms with van der Waals surface area (Å²) in [5, 5.41) is 2.26. The van der Waals surface area contributed by atoms with Gasteiger partial charge >= 0.3 is 0 Å². The van der Waals surface area contributed by atoms with E-state index in [1.807, 2.05) is 0 Å². The molecule has 0 aliphatic carbocycles. The molecule has 1 amide bonds. The third-order valence-electron chi connectivity index (χ3n) is 1.35. The van der Waals surface area contributed by atoms with Gasteiger partial charge in [-0.05, 0) is 12.1 Å². The number of hydrogen-bond acceptors (Lipinski definition) is 1. The van der Waals surface area contributed by atoms with Gasteiger partial charge in [-0.3, -0.25) is 4.79 Å². The van der Waals surface area contributed by atoms with E-state index in [2.05, 4.69) is 5.32 Å². The van der Waals surface area contributed by atoms with Crippen molar-refractivity contribution in [2.45, 2.75) is 7.43 Å². The van der Waals surface area contributed by atoms with Crippen LogP contribution in [-0.4, -0.2) is 13.0 Å². The van der Waals surface area contributed by atoms with Crippen molar-refractivity contribution in [1.82, 2.24) is 5.32 Å². The highest BCUT2D eigenvalue weighted by Crippen LogP contribution is 2.07. The van der Waals surface area contributed by atoms with E-state index in [9.17, 15) is 13.6 Å². The quantitative estimate of drug-likeness (QED) is 0.715. The minimum absolute atomic E-state index is 0. The first-order valence-corrected chi connectivity index (χ1v) is 3.31. The van der Waals surface area contributed by atoms with Crippen molar-refractivity contribution in [2.75, 3.05) is 7.05 Å². The Bertz CT molecular complexity index is 292. The van der Waals surface area contributed by atoms with E-state index in [1.54, 1.807) is 0 Å². The molecule has 72 valence electrons. The van der Waals surface area contributed by atoms with Gasteiger partial charge in [0.25, 0.3) is 5.91 Å². The van der Waals surface area contributed by atoms with Gasteiger partial charge in [-0.25, -0.2) is 8.78 Å². The summed E-state index contributed by atoms with van der Waals surface area (Å²) in [5.74, 6) is -2.02. The molecule has 0 aliphatic heterocycles. The first-order chi connectivity index (χ1) is 5.63. The highest BCUT2D eigenvalue weighted by atomic mass is 19.1. The van der Waals surface area contributed by atoms with E-state index in [0.717, 1.165) is 12.1 Å². The van der Waals surface area contributed by atoms with Gasteiger partial charge in [-0.2, -0.15) is 0 Å². The number of benzene rings is 1. The molecule has 0 radical (unpaired) electrons. The normalized spacial score (nSPS) is 8.85. The number of carbonyl (C=O) groups is 1. The Morgan fingerprint density at radius 3 is 2.08 bits per heavy atom. The largest absolute Gasteiger partial charge is 0.355 e. The number of nitrogens with one attached hydrogen (secondary N) is 1. The van der Waals surface area contributed by atoms with Crippen LogP contribution in [0.3, 0.4) is 0 Å². The van der Waals surface area contributed by atoms with Crippen molar-refractivity contribution in [3.05, 3.63) is 35.4 Å². The van der Waals surface area contributed by atoms with Crippen LogP contribution in [0.1, 0.15) is 17.8 Å². The molecule has 0 aliphatic rings. The molecule has 1 N–H and O–H groups in total. The highest BCUT2D eigenvalue weighted by Gasteiger charge is 2.06. The SMILES string of the molecule is C.CNC(=O)c1cc(F)cc(F)c1. The van der Waals surface area contributed by atoms with Gasteiger partial charge in [0.1, 0.15) is 11.6 Å². The third kappa shape index (κ3) is 2.82. The lowest BCUT2D eigenvalue weighted by atomic mass is 10.2. The molecule has 1 aromatic carbocycles. The summed E-state index contributed by atoms with van der Waals surface area (Å²) in [6, 6.07) is 2.66. The zero-order valence-corrected chi connectivity index (χ0v) is 6.40. The predicted octanol–water partition coefficient (Wildman–Crippen LogP) is 1.96. The van der Waals surface area contributed by atoms with Crippen molar-refractivity contribution >= 4 is 5.91 Å². The van der Waals surface area contributed by atoms with E-state index in [4.69, 9.17) is 0 Å². The number of halogens is 2. The Morgan fingerprint density at radius 1 is 1.23 bits per heavy atom. The molecule has 0 fully saturated rings. The van der Waals surface area contributed by atoms with Crippen molar-refractivity contribution in [3.8, 4) is 0 Å². The second-order valence-corrected chi connectivity index (χ2v) is 2.24. The standard InChI is InChI=1S/C8H7F2NO.CH4/c1-11-8(12)5-2-6(9)4-7(10)3-5;/h2-4H,1H3,(H,11,12);1H4. The Balaban J connectivity index is 0.00000144. The zero-order chi connectivity index (χ0) is 9.14. The molecule has 0 saturated carbocycles. The lowest BCUT2D eigenvalue weighted by molar-refractivity contribution is 0.0962. The number of hydrogen-bond donors (Lipinski definition) is 1. The fraction of sp³-hybridized carbons (Fsp3) is 0.222. The molecule has 0 saturated heterocycles. The van der Waals surface area contributed by atoms with Crippen molar-refractivity contribution < 1.29 is 13.6 Å². The smallest absolute Gasteiger partial charge is 0.251 e. The van der Waals surface area contributed by atoms with Crippen LogP contribution in [0.2, 0.25) is 0 Å². The Kier molecular flexibility index (Phi) is 4.04. The molecule has 1 aromatic rings. The predicted molar refractivity (Wildman–Crippen MR) is 46.5 cm³/mol. The summed E-state index contributed by atoms with van der Waals surface area (Å²) in [5.41, 5.74) is -0.0185. The summed E-state index contributed by atoms with van der Waals surface area (Å²) in [7, 11) is 1.39. The number of rotatable bonds is 1. The topological polar surface area (TPSA) is 29.1 Å². The second-order valence-electron chi connectivity index (χ2n) is 2.24. The molecular weight excluding hydrogens is 176 g/mol. The average molecular weight is 187 g/mol. The number of carbonyl (C=O) groups excluding carboxylic acids is 1. The summed E-state index contributed by atoms with van der Waals surface area (Å²) in [6.45, 7) is 0. The Morgan fingerprint density at radius 2 is 1.69 bits per heavy atom. The van der Waals surface area contributed by atoms with Crippen LogP contribution in [0, 0.1) is 11.6 Å². The maximum Gasteiger partial charge on any atom is 0.251 e. The van der Waals surface area contributed by atoms with Gasteiger partial charge in [0.15, 0.2) is 0 Å². The van der Waals surface area contributed by atoms with Gasteiger partial charge in [-0.1, -0.05) is 7.43 Å². The molecule has 0 bridgehead atoms. The molecule has 2 nitrogen and oxygen atoms in total. The summed E-state index contributed by atoms with van der Waals surface area (Å²) in [6.07, 6.45) is 0. The van der Waals surface area contributed by atoms with Gasteiger partial charge in [0.05, 0.1) is 0 Å². The summed E-state index contributed by atoms with van der Waals surface area (Å²) in [4.78, 5) is 10.9. The maximum absolute atomic E-state index is 12.5. The molecule has 0 atom stereocenters. The second kappa shape index (κ2) is 4.54. The van der Waals surface area contributed by atoms with Gasteiger partial charge in [0, 0.05) is 18.7 Å². The van der Waals surface area contributed by atoms with Crippen LogP contribution in [0.5, 0.6) is 0 Å². The molecule has 0 heterocycles.